The molecule has 9 nitrogen and oxygen atoms in total. The molecule has 0 aliphatic heterocycles. The summed E-state index contributed by atoms with van der Waals surface area (Å²) in [6, 6.07) is 15.1. The third-order valence-electron chi connectivity index (χ3n) is 5.14. The van der Waals surface area contributed by atoms with Crippen LogP contribution in [0, 0.1) is 6.92 Å². The summed E-state index contributed by atoms with van der Waals surface area (Å²) in [6.45, 7) is 4.77. The number of hydrogen-bond acceptors (Lipinski definition) is 5. The van der Waals surface area contributed by atoms with Crippen LogP contribution in [0.1, 0.15) is 31.1 Å². The van der Waals surface area contributed by atoms with Crippen LogP contribution in [0.5, 0.6) is 0 Å². The molecular weight excluding hydrogens is 442 g/mol. The van der Waals surface area contributed by atoms with E-state index in [0.717, 1.165) is 21.2 Å². The summed E-state index contributed by atoms with van der Waals surface area (Å²) in [5, 5.41) is 9.83. The lowest BCUT2D eigenvalue weighted by Crippen LogP contribution is -2.39. The molecular formula is C23H27N5O4S. The van der Waals surface area contributed by atoms with Gasteiger partial charge < -0.3 is 10.6 Å². The summed E-state index contributed by atoms with van der Waals surface area (Å²) < 4.78 is 28.4. The smallest absolute Gasteiger partial charge is 0.243 e. The molecule has 0 saturated carbocycles. The van der Waals surface area contributed by atoms with Gasteiger partial charge in [0, 0.05) is 30.9 Å². The number of sulfonamides is 1. The largest absolute Gasteiger partial charge is 0.348 e. The molecule has 0 fully saturated rings. The Morgan fingerprint density at radius 3 is 2.33 bits per heavy atom. The maximum Gasteiger partial charge on any atom is 0.243 e. The Morgan fingerprint density at radius 1 is 1.09 bits per heavy atom. The number of para-hydroxylation sites is 1. The van der Waals surface area contributed by atoms with Crippen molar-refractivity contribution >= 4 is 27.5 Å². The molecule has 1 unspecified atom stereocenters. The monoisotopic (exact) mass is 469 g/mol. The number of nitrogens with one attached hydrogen (secondary N) is 2. The van der Waals surface area contributed by atoms with Gasteiger partial charge in [0.25, 0.3) is 0 Å². The van der Waals surface area contributed by atoms with E-state index in [1.807, 2.05) is 44.2 Å². The van der Waals surface area contributed by atoms with Crippen LogP contribution in [0.15, 0.2) is 65.7 Å². The predicted molar refractivity (Wildman–Crippen MR) is 125 cm³/mol. The minimum absolute atomic E-state index is 0.0277. The van der Waals surface area contributed by atoms with Gasteiger partial charge >= 0.3 is 0 Å². The summed E-state index contributed by atoms with van der Waals surface area (Å²) in [5.74, 6) is -0.687. The zero-order valence-electron chi connectivity index (χ0n) is 18.9. The topological polar surface area (TPSA) is 113 Å². The second-order valence-electron chi connectivity index (χ2n) is 7.69. The summed E-state index contributed by atoms with van der Waals surface area (Å²) in [6.07, 6.45) is 1.70. The summed E-state index contributed by atoms with van der Waals surface area (Å²) in [5.41, 5.74) is 3.12. The van der Waals surface area contributed by atoms with Gasteiger partial charge in [-0.2, -0.15) is 9.40 Å². The molecule has 2 aromatic carbocycles. The minimum atomic E-state index is -3.88. The molecule has 0 radical (unpaired) electrons. The van der Waals surface area contributed by atoms with Crippen molar-refractivity contribution < 1.29 is 18.0 Å². The molecule has 1 atom stereocenters. The van der Waals surface area contributed by atoms with E-state index >= 15 is 0 Å². The van der Waals surface area contributed by atoms with Crippen molar-refractivity contribution in [2.24, 2.45) is 0 Å². The fraction of sp³-hybridized carbons (Fsp3) is 0.261. The molecule has 0 bridgehead atoms. The van der Waals surface area contributed by atoms with E-state index in [1.54, 1.807) is 10.9 Å². The van der Waals surface area contributed by atoms with Crippen LogP contribution in [0.3, 0.4) is 0 Å². The molecule has 0 spiro atoms. The van der Waals surface area contributed by atoms with Crippen LogP contribution in [0.4, 0.5) is 5.69 Å². The summed E-state index contributed by atoms with van der Waals surface area (Å²) >= 11 is 0. The first-order valence-corrected chi connectivity index (χ1v) is 11.8. The molecule has 2 N–H and O–H groups in total. The fourth-order valence-corrected chi connectivity index (χ4v) is 4.55. The van der Waals surface area contributed by atoms with Crippen molar-refractivity contribution in [2.45, 2.75) is 31.7 Å². The first-order valence-electron chi connectivity index (χ1n) is 10.3. The Bertz CT molecular complexity index is 1240. The van der Waals surface area contributed by atoms with E-state index in [4.69, 9.17) is 0 Å². The van der Waals surface area contributed by atoms with Crippen LogP contribution in [0.2, 0.25) is 0 Å². The molecule has 33 heavy (non-hydrogen) atoms. The van der Waals surface area contributed by atoms with Gasteiger partial charge in [0.05, 0.1) is 29.4 Å². The van der Waals surface area contributed by atoms with Gasteiger partial charge in [0.1, 0.15) is 0 Å². The zero-order valence-corrected chi connectivity index (χ0v) is 19.8. The van der Waals surface area contributed by atoms with Crippen LogP contribution >= 0.6 is 0 Å². The number of benzene rings is 2. The van der Waals surface area contributed by atoms with E-state index in [-0.39, 0.29) is 23.4 Å². The number of amides is 2. The lowest BCUT2D eigenvalue weighted by Gasteiger charge is -2.19. The van der Waals surface area contributed by atoms with Gasteiger partial charge in [-0.05, 0) is 50.2 Å². The van der Waals surface area contributed by atoms with E-state index < -0.39 is 15.9 Å². The molecule has 2 amide bonds. The number of likely N-dealkylation sites (N-methyl/N-ethyl adjacent to an activating group) is 1. The van der Waals surface area contributed by atoms with Gasteiger partial charge in [-0.3, -0.25) is 9.59 Å². The van der Waals surface area contributed by atoms with E-state index in [0.29, 0.717) is 5.69 Å². The Labute approximate surface area is 193 Å². The van der Waals surface area contributed by atoms with E-state index in [2.05, 4.69) is 15.7 Å². The lowest BCUT2D eigenvalue weighted by atomic mass is 10.1. The third-order valence-corrected chi connectivity index (χ3v) is 6.96. The predicted octanol–water partition coefficient (Wildman–Crippen LogP) is 2.64. The molecule has 1 aromatic heterocycles. The van der Waals surface area contributed by atoms with Gasteiger partial charge in [0.2, 0.25) is 21.8 Å². The molecule has 174 valence electrons. The SMILES string of the molecule is CC(=O)Nc1ccc(S(=O)(=O)N(C)CC(=O)NC(C)c2cnn(-c3ccccc3)c2C)cc1. The van der Waals surface area contributed by atoms with Crippen molar-refractivity contribution in [1.29, 1.82) is 0 Å². The van der Waals surface area contributed by atoms with Crippen molar-refractivity contribution in [3.63, 3.8) is 0 Å². The van der Waals surface area contributed by atoms with Crippen LogP contribution in [-0.4, -0.2) is 47.9 Å². The molecule has 10 heteroatoms. The normalized spacial score (nSPS) is 12.4. The number of anilines is 1. The van der Waals surface area contributed by atoms with Crippen LogP contribution < -0.4 is 10.6 Å². The highest BCUT2D eigenvalue weighted by Gasteiger charge is 2.24. The van der Waals surface area contributed by atoms with Crippen molar-refractivity contribution in [3.05, 3.63) is 72.1 Å². The molecule has 0 saturated heterocycles. The zero-order chi connectivity index (χ0) is 24.2. The summed E-state index contributed by atoms with van der Waals surface area (Å²) in [7, 11) is -2.53. The number of rotatable bonds is 8. The van der Waals surface area contributed by atoms with Gasteiger partial charge in [0.15, 0.2) is 0 Å². The standard InChI is InChI=1S/C23H27N5O4S/c1-16(22-14-24-28(17(22)2)20-8-6-5-7-9-20)25-23(30)15-27(4)33(31,32)21-12-10-19(11-13-21)26-18(3)29/h5-14,16H,15H2,1-4H3,(H,25,30)(H,26,29). The fourth-order valence-electron chi connectivity index (χ4n) is 3.42. The summed E-state index contributed by atoms with van der Waals surface area (Å²) in [4.78, 5) is 23.7. The highest BCUT2D eigenvalue weighted by molar-refractivity contribution is 7.89. The number of carbonyl (C=O) groups is 2. The van der Waals surface area contributed by atoms with Gasteiger partial charge in [-0.25, -0.2) is 13.1 Å². The second kappa shape index (κ2) is 9.97. The average molecular weight is 470 g/mol. The number of aromatic nitrogens is 2. The first kappa shape index (κ1) is 24.1. The first-order chi connectivity index (χ1) is 15.6. The number of carbonyl (C=O) groups excluding carboxylic acids is 2. The van der Waals surface area contributed by atoms with E-state index in [1.165, 1.54) is 38.2 Å². The minimum Gasteiger partial charge on any atom is -0.348 e. The van der Waals surface area contributed by atoms with E-state index in [9.17, 15) is 18.0 Å². The Hall–Kier alpha value is -3.50. The van der Waals surface area contributed by atoms with Crippen molar-refractivity contribution in [2.75, 3.05) is 18.9 Å². The maximum absolute atomic E-state index is 12.8. The lowest BCUT2D eigenvalue weighted by molar-refractivity contribution is -0.121. The molecule has 3 aromatic rings. The van der Waals surface area contributed by atoms with Crippen LogP contribution in [0.25, 0.3) is 5.69 Å². The Balaban J connectivity index is 1.65. The quantitative estimate of drug-likeness (QED) is 0.527. The molecule has 0 aliphatic carbocycles. The highest BCUT2D eigenvalue weighted by Crippen LogP contribution is 2.21. The third kappa shape index (κ3) is 5.65. The molecule has 3 rings (SSSR count). The average Bonchev–Trinajstić information content (AvgIpc) is 3.15. The Morgan fingerprint density at radius 2 is 1.73 bits per heavy atom. The number of nitrogens with zero attached hydrogens (tertiary/aromatic N) is 3. The number of hydrogen-bond donors (Lipinski definition) is 2. The van der Waals surface area contributed by atoms with Crippen molar-refractivity contribution in [1.82, 2.24) is 19.4 Å². The second-order valence-corrected chi connectivity index (χ2v) is 9.73. The van der Waals surface area contributed by atoms with Gasteiger partial charge in [-0.1, -0.05) is 18.2 Å². The highest BCUT2D eigenvalue weighted by atomic mass is 32.2. The van der Waals surface area contributed by atoms with Crippen molar-refractivity contribution in [3.8, 4) is 5.69 Å². The van der Waals surface area contributed by atoms with Crippen LogP contribution in [-0.2, 0) is 19.6 Å². The maximum atomic E-state index is 12.8. The Kier molecular flexibility index (Phi) is 7.29. The molecule has 0 aliphatic rings. The molecule has 1 heterocycles. The van der Waals surface area contributed by atoms with Gasteiger partial charge in [-0.15, -0.1) is 0 Å².